The highest BCUT2D eigenvalue weighted by Crippen LogP contribution is 2.19. The third-order valence-corrected chi connectivity index (χ3v) is 3.02. The summed E-state index contributed by atoms with van der Waals surface area (Å²) in [6.07, 6.45) is 7.66. The van der Waals surface area contributed by atoms with E-state index in [4.69, 9.17) is 0 Å². The van der Waals surface area contributed by atoms with Crippen LogP contribution in [0.3, 0.4) is 0 Å². The summed E-state index contributed by atoms with van der Waals surface area (Å²) in [5.41, 5.74) is 0.398. The number of nitrogens with one attached hydrogen (secondary N) is 1. The van der Waals surface area contributed by atoms with Gasteiger partial charge in [-0.25, -0.2) is 9.97 Å². The Morgan fingerprint density at radius 1 is 1.44 bits per heavy atom. The zero-order valence-electron chi connectivity index (χ0n) is 11.0. The molecule has 1 heterocycles. The molecule has 1 amide bonds. The van der Waals surface area contributed by atoms with Gasteiger partial charge in [0.1, 0.15) is 11.5 Å². The molecule has 2 rings (SSSR count). The van der Waals surface area contributed by atoms with E-state index in [0.29, 0.717) is 11.7 Å². The van der Waals surface area contributed by atoms with Crippen LogP contribution in [0.15, 0.2) is 12.4 Å². The van der Waals surface area contributed by atoms with Gasteiger partial charge in [0.05, 0.1) is 12.4 Å². The molecule has 1 fully saturated rings. The van der Waals surface area contributed by atoms with E-state index in [9.17, 15) is 4.79 Å². The molecule has 1 saturated carbocycles. The van der Waals surface area contributed by atoms with Crippen molar-refractivity contribution in [3.05, 3.63) is 18.1 Å². The maximum atomic E-state index is 11.7. The lowest BCUT2D eigenvalue weighted by Crippen LogP contribution is -2.27. The van der Waals surface area contributed by atoms with Crippen molar-refractivity contribution in [2.75, 3.05) is 18.5 Å². The van der Waals surface area contributed by atoms with Crippen molar-refractivity contribution >= 4 is 11.7 Å². The first-order chi connectivity index (χ1) is 8.70. The molecule has 0 spiro atoms. The monoisotopic (exact) mass is 248 g/mol. The minimum Gasteiger partial charge on any atom is -0.358 e. The molecule has 18 heavy (non-hydrogen) atoms. The second-order valence-electron chi connectivity index (χ2n) is 4.78. The van der Waals surface area contributed by atoms with Gasteiger partial charge in [-0.15, -0.1) is 0 Å². The zero-order valence-corrected chi connectivity index (χ0v) is 11.0. The molecule has 0 saturated heterocycles. The average Bonchev–Trinajstić information content (AvgIpc) is 3.20. The summed E-state index contributed by atoms with van der Waals surface area (Å²) >= 11 is 0. The van der Waals surface area contributed by atoms with Crippen molar-refractivity contribution in [3.63, 3.8) is 0 Å². The molecule has 1 aromatic rings. The summed E-state index contributed by atoms with van der Waals surface area (Å²) < 4.78 is 0. The Kier molecular flexibility index (Phi) is 4.12. The van der Waals surface area contributed by atoms with Gasteiger partial charge in [-0.3, -0.25) is 4.79 Å². The molecule has 1 aromatic heterocycles. The first-order valence-corrected chi connectivity index (χ1v) is 6.54. The number of carbonyl (C=O) groups is 1. The molecule has 0 unspecified atom stereocenters. The van der Waals surface area contributed by atoms with Gasteiger partial charge < -0.3 is 10.2 Å². The topological polar surface area (TPSA) is 58.1 Å². The SMILES string of the molecule is CCCCN(C)c1cnc(C(=O)NC2CC2)cn1. The smallest absolute Gasteiger partial charge is 0.271 e. The number of aromatic nitrogens is 2. The van der Waals surface area contributed by atoms with Crippen molar-refractivity contribution in [3.8, 4) is 0 Å². The second kappa shape index (κ2) is 5.80. The molecule has 1 aliphatic carbocycles. The average molecular weight is 248 g/mol. The highest BCUT2D eigenvalue weighted by atomic mass is 16.2. The lowest BCUT2D eigenvalue weighted by molar-refractivity contribution is 0.0945. The highest BCUT2D eigenvalue weighted by Gasteiger charge is 2.24. The Morgan fingerprint density at radius 2 is 2.22 bits per heavy atom. The maximum absolute atomic E-state index is 11.7. The fraction of sp³-hybridized carbons (Fsp3) is 0.615. The summed E-state index contributed by atoms with van der Waals surface area (Å²) in [6.45, 7) is 3.11. The zero-order chi connectivity index (χ0) is 13.0. The van der Waals surface area contributed by atoms with Crippen LogP contribution in [0, 0.1) is 0 Å². The number of nitrogens with zero attached hydrogens (tertiary/aromatic N) is 3. The number of amides is 1. The summed E-state index contributed by atoms with van der Waals surface area (Å²) in [4.78, 5) is 22.2. The van der Waals surface area contributed by atoms with Crippen LogP contribution in [-0.4, -0.2) is 35.5 Å². The Labute approximate surface area is 108 Å². The Bertz CT molecular complexity index is 400. The number of hydrogen-bond donors (Lipinski definition) is 1. The minimum absolute atomic E-state index is 0.118. The third kappa shape index (κ3) is 3.42. The molecule has 1 N–H and O–H groups in total. The standard InChI is InChI=1S/C13H20N4O/c1-3-4-7-17(2)12-9-14-11(8-15-12)13(18)16-10-5-6-10/h8-10H,3-7H2,1-2H3,(H,16,18). The van der Waals surface area contributed by atoms with Gasteiger partial charge in [-0.1, -0.05) is 13.3 Å². The Hall–Kier alpha value is -1.65. The predicted octanol–water partition coefficient (Wildman–Crippen LogP) is 1.61. The van der Waals surface area contributed by atoms with Crippen LogP contribution in [0.5, 0.6) is 0 Å². The van der Waals surface area contributed by atoms with Gasteiger partial charge in [-0.2, -0.15) is 0 Å². The molecule has 0 bridgehead atoms. The normalized spacial score (nSPS) is 14.3. The number of carbonyl (C=O) groups excluding carboxylic acids is 1. The fourth-order valence-corrected chi connectivity index (χ4v) is 1.63. The first-order valence-electron chi connectivity index (χ1n) is 6.54. The lowest BCUT2D eigenvalue weighted by atomic mass is 10.3. The van der Waals surface area contributed by atoms with E-state index in [1.54, 1.807) is 12.4 Å². The van der Waals surface area contributed by atoms with Crippen LogP contribution in [0.1, 0.15) is 43.1 Å². The molecule has 98 valence electrons. The van der Waals surface area contributed by atoms with Crippen LogP contribution < -0.4 is 10.2 Å². The lowest BCUT2D eigenvalue weighted by Gasteiger charge is -2.17. The maximum Gasteiger partial charge on any atom is 0.271 e. The number of hydrogen-bond acceptors (Lipinski definition) is 4. The number of anilines is 1. The van der Waals surface area contributed by atoms with E-state index in [2.05, 4.69) is 27.1 Å². The summed E-state index contributed by atoms with van der Waals surface area (Å²) in [6, 6.07) is 0.353. The quantitative estimate of drug-likeness (QED) is 0.831. The summed E-state index contributed by atoms with van der Waals surface area (Å²) in [5.74, 6) is 0.694. The number of unbranched alkanes of at least 4 members (excludes halogenated alkanes) is 1. The molecule has 0 aliphatic heterocycles. The molecule has 5 heteroatoms. The third-order valence-electron chi connectivity index (χ3n) is 3.02. The van der Waals surface area contributed by atoms with E-state index in [1.807, 2.05) is 7.05 Å². The van der Waals surface area contributed by atoms with Crippen molar-refractivity contribution in [2.45, 2.75) is 38.6 Å². The van der Waals surface area contributed by atoms with Crippen LogP contribution in [-0.2, 0) is 0 Å². The van der Waals surface area contributed by atoms with Gasteiger partial charge >= 0.3 is 0 Å². The largest absolute Gasteiger partial charge is 0.358 e. The fourth-order valence-electron chi connectivity index (χ4n) is 1.63. The molecule has 0 aromatic carbocycles. The van der Waals surface area contributed by atoms with Crippen molar-refractivity contribution < 1.29 is 4.79 Å². The van der Waals surface area contributed by atoms with Gasteiger partial charge in [0.25, 0.3) is 5.91 Å². The molecule has 0 atom stereocenters. The van der Waals surface area contributed by atoms with E-state index in [0.717, 1.165) is 38.0 Å². The van der Waals surface area contributed by atoms with Crippen LogP contribution in [0.4, 0.5) is 5.82 Å². The van der Waals surface area contributed by atoms with Gasteiger partial charge in [0.2, 0.25) is 0 Å². The van der Waals surface area contributed by atoms with Gasteiger partial charge in [0.15, 0.2) is 0 Å². The van der Waals surface area contributed by atoms with Crippen molar-refractivity contribution in [1.29, 1.82) is 0 Å². The Morgan fingerprint density at radius 3 is 2.78 bits per heavy atom. The summed E-state index contributed by atoms with van der Waals surface area (Å²) in [5, 5.41) is 2.90. The van der Waals surface area contributed by atoms with Crippen LogP contribution in [0.25, 0.3) is 0 Å². The molecular formula is C13H20N4O. The molecular weight excluding hydrogens is 228 g/mol. The van der Waals surface area contributed by atoms with E-state index in [1.165, 1.54) is 0 Å². The molecule has 1 aliphatic rings. The minimum atomic E-state index is -0.118. The van der Waals surface area contributed by atoms with E-state index < -0.39 is 0 Å². The van der Waals surface area contributed by atoms with Crippen LogP contribution >= 0.6 is 0 Å². The van der Waals surface area contributed by atoms with E-state index >= 15 is 0 Å². The highest BCUT2D eigenvalue weighted by molar-refractivity contribution is 5.92. The molecule has 0 radical (unpaired) electrons. The van der Waals surface area contributed by atoms with Crippen molar-refractivity contribution in [2.24, 2.45) is 0 Å². The van der Waals surface area contributed by atoms with Gasteiger partial charge in [0, 0.05) is 19.6 Å². The van der Waals surface area contributed by atoms with E-state index in [-0.39, 0.29) is 5.91 Å². The predicted molar refractivity (Wildman–Crippen MR) is 70.7 cm³/mol. The number of rotatable bonds is 6. The van der Waals surface area contributed by atoms with Crippen LogP contribution in [0.2, 0.25) is 0 Å². The summed E-state index contributed by atoms with van der Waals surface area (Å²) in [7, 11) is 1.99. The molecule has 5 nitrogen and oxygen atoms in total. The van der Waals surface area contributed by atoms with Gasteiger partial charge in [-0.05, 0) is 19.3 Å². The second-order valence-corrected chi connectivity index (χ2v) is 4.78. The first kappa shape index (κ1) is 12.8. The Balaban J connectivity index is 1.93. The van der Waals surface area contributed by atoms with Crippen molar-refractivity contribution in [1.82, 2.24) is 15.3 Å².